The van der Waals surface area contributed by atoms with E-state index in [9.17, 15) is 0 Å². The van der Waals surface area contributed by atoms with E-state index in [2.05, 4.69) is 10.7 Å². The van der Waals surface area contributed by atoms with Gasteiger partial charge in [-0.05, 0) is 0 Å². The van der Waals surface area contributed by atoms with E-state index in [0.717, 1.165) is 0 Å². The van der Waals surface area contributed by atoms with Crippen molar-refractivity contribution in [1.29, 1.82) is 0 Å². The Kier molecular flexibility index (Phi) is 24.0. The summed E-state index contributed by atoms with van der Waals surface area (Å²) in [6.45, 7) is 0. The van der Waals surface area contributed by atoms with E-state index in [1.807, 2.05) is 0 Å². The van der Waals surface area contributed by atoms with E-state index in [0.29, 0.717) is 0 Å². The van der Waals surface area contributed by atoms with Crippen LogP contribution in [0, 0.1) is 0 Å². The molecular formula is HClLiO3PSSi. The van der Waals surface area contributed by atoms with Crippen LogP contribution in [0.1, 0.15) is 0 Å². The smallest absolute Gasteiger partial charge is 0.273 e. The second-order valence-electron chi connectivity index (χ2n) is 0.412. The average Bonchev–Trinajstić information content (AvgIpc) is 0.722. The van der Waals surface area contributed by atoms with Crippen molar-refractivity contribution in [1.82, 2.24) is 0 Å². The van der Waals surface area contributed by atoms with Crippen LogP contribution in [0.3, 0.4) is 0 Å². The predicted molar refractivity (Wildman–Crippen MR) is 35.8 cm³/mol. The molecule has 0 heterocycles. The van der Waals surface area contributed by atoms with E-state index in [-0.39, 0.29) is 39.7 Å². The van der Waals surface area contributed by atoms with Crippen molar-refractivity contribution in [2.75, 3.05) is 0 Å². The summed E-state index contributed by atoms with van der Waals surface area (Å²) in [5.74, 6) is 0. The minimum absolute atomic E-state index is 0. The first-order valence-corrected chi connectivity index (χ1v) is 2.94. The molecule has 0 spiro atoms. The Hall–Kier alpha value is 1.44. The summed E-state index contributed by atoms with van der Waals surface area (Å²) in [5.41, 5.74) is 0. The van der Waals surface area contributed by atoms with Crippen LogP contribution in [0.25, 0.3) is 0 Å². The Balaban J connectivity index is -0.0000000267. The van der Waals surface area contributed by atoms with Gasteiger partial charge in [-0.15, -0.1) is 0 Å². The zero-order valence-electron chi connectivity index (χ0n) is 4.00. The predicted octanol–water partition coefficient (Wildman–Crippen LogP) is 0.128. The van der Waals surface area contributed by atoms with Gasteiger partial charge in [-0.2, -0.15) is 8.42 Å². The quantitative estimate of drug-likeness (QED) is 0.251. The zero-order chi connectivity index (χ0) is 4.50. The van der Waals surface area contributed by atoms with Gasteiger partial charge in [-0.1, -0.05) is 0 Å². The summed E-state index contributed by atoms with van der Waals surface area (Å²) in [6.07, 6.45) is 0. The zero-order valence-corrected chi connectivity index (χ0v) is 7.46. The molecule has 0 saturated carbocycles. The standard InChI is InChI=1S/ClHO3S.Li.P.Si/c1-5(2,3)4;;;/h(H,2,3,4);;;. The van der Waals surface area contributed by atoms with Gasteiger partial charge in [0.1, 0.15) is 0 Å². The van der Waals surface area contributed by atoms with Gasteiger partial charge in [0.25, 0.3) is 0 Å². The fraction of sp³-hybridized carbons (Fsp3) is 0. The summed E-state index contributed by atoms with van der Waals surface area (Å²) in [4.78, 5) is 0. The first-order chi connectivity index (χ1) is 2.00. The van der Waals surface area contributed by atoms with Crippen molar-refractivity contribution in [3.05, 3.63) is 0 Å². The van der Waals surface area contributed by atoms with Crippen LogP contribution in [0.4, 0.5) is 0 Å². The fourth-order valence-corrected chi connectivity index (χ4v) is 0. The number of hydrogen-bond acceptors (Lipinski definition) is 2. The molecule has 0 bridgehead atoms. The Morgan fingerprint density at radius 2 is 1.38 bits per heavy atom. The molecule has 0 aromatic carbocycles. The maximum absolute atomic E-state index is 8.95. The molecule has 8 radical (unpaired) electrons. The number of hydrogen-bond donors (Lipinski definition) is 1. The molecule has 0 aromatic rings. The van der Waals surface area contributed by atoms with Crippen LogP contribution in [0.15, 0.2) is 0 Å². The van der Waals surface area contributed by atoms with Gasteiger partial charge in [-0.25, -0.2) is 0 Å². The fourth-order valence-electron chi connectivity index (χ4n) is 0. The summed E-state index contributed by atoms with van der Waals surface area (Å²) in [5, 5.41) is 0. The third-order valence-corrected chi connectivity index (χ3v) is 0. The van der Waals surface area contributed by atoms with Crippen molar-refractivity contribution < 1.29 is 13.0 Å². The molecule has 0 aliphatic carbocycles. The molecule has 42 valence electrons. The van der Waals surface area contributed by atoms with Crippen molar-refractivity contribution in [3.63, 3.8) is 0 Å². The first kappa shape index (κ1) is 22.7. The molecule has 0 saturated heterocycles. The maximum atomic E-state index is 8.95. The molecule has 0 atom stereocenters. The molecule has 0 fully saturated rings. The molecule has 0 rings (SSSR count). The summed E-state index contributed by atoms with van der Waals surface area (Å²) in [6, 6.07) is 0. The Morgan fingerprint density at radius 1 is 1.38 bits per heavy atom. The van der Waals surface area contributed by atoms with Crippen molar-refractivity contribution in [2.45, 2.75) is 0 Å². The van der Waals surface area contributed by atoms with Crippen LogP contribution in [0.5, 0.6) is 0 Å². The molecule has 0 aliphatic heterocycles. The second-order valence-corrected chi connectivity index (χ2v) is 2.41. The van der Waals surface area contributed by atoms with E-state index < -0.39 is 9.33 Å². The van der Waals surface area contributed by atoms with Crippen LogP contribution >= 0.6 is 20.6 Å². The van der Waals surface area contributed by atoms with Gasteiger partial charge in [0, 0.05) is 50.4 Å². The first-order valence-electron chi connectivity index (χ1n) is 0.670. The molecule has 8 heteroatoms. The molecular weight excluding hydrogens is 182 g/mol. The van der Waals surface area contributed by atoms with Gasteiger partial charge in [0.2, 0.25) is 0 Å². The average molecular weight is 183 g/mol. The largest absolute Gasteiger partial charge is 0.353 e. The number of halogens is 1. The van der Waals surface area contributed by atoms with E-state index in [1.165, 1.54) is 0 Å². The molecule has 1 N–H and O–H groups in total. The third-order valence-electron chi connectivity index (χ3n) is 0. The monoisotopic (exact) mass is 182 g/mol. The topological polar surface area (TPSA) is 54.4 Å². The molecule has 3 nitrogen and oxygen atoms in total. The van der Waals surface area contributed by atoms with Gasteiger partial charge < -0.3 is 0 Å². The molecule has 0 aliphatic rings. The van der Waals surface area contributed by atoms with Crippen LogP contribution in [0.2, 0.25) is 0 Å². The third kappa shape index (κ3) is 148. The van der Waals surface area contributed by atoms with Gasteiger partial charge in [-0.3, -0.25) is 4.55 Å². The van der Waals surface area contributed by atoms with Crippen LogP contribution in [-0.4, -0.2) is 42.8 Å². The normalized spacial score (nSPS) is 7.25. The Bertz CT molecular complexity index is 102. The van der Waals surface area contributed by atoms with Gasteiger partial charge in [0.05, 0.1) is 0 Å². The number of rotatable bonds is 0. The van der Waals surface area contributed by atoms with Crippen LogP contribution < -0.4 is 0 Å². The Labute approximate surface area is 72.6 Å². The van der Waals surface area contributed by atoms with Crippen molar-refractivity contribution >= 4 is 59.7 Å². The maximum Gasteiger partial charge on any atom is 0.353 e. The SMILES string of the molecule is O=S(=O)(O)Cl.[Li].[P].[Si]. The summed E-state index contributed by atoms with van der Waals surface area (Å²) in [7, 11) is -0.137. The summed E-state index contributed by atoms with van der Waals surface area (Å²) < 4.78 is 25.2. The van der Waals surface area contributed by atoms with Crippen molar-refractivity contribution in [3.8, 4) is 0 Å². The van der Waals surface area contributed by atoms with Gasteiger partial charge in [0.15, 0.2) is 0 Å². The van der Waals surface area contributed by atoms with E-state index in [1.54, 1.807) is 0 Å². The van der Waals surface area contributed by atoms with Crippen LogP contribution in [-0.2, 0) is 9.33 Å². The molecule has 0 unspecified atom stereocenters. The van der Waals surface area contributed by atoms with E-state index in [4.69, 9.17) is 13.0 Å². The minimum Gasteiger partial charge on any atom is -0.273 e. The molecule has 0 aromatic heterocycles. The van der Waals surface area contributed by atoms with E-state index >= 15 is 0 Å². The summed E-state index contributed by atoms with van der Waals surface area (Å²) >= 11 is 0. The molecule has 8 heavy (non-hydrogen) atoms. The Morgan fingerprint density at radius 3 is 1.38 bits per heavy atom. The van der Waals surface area contributed by atoms with Gasteiger partial charge >= 0.3 is 9.33 Å². The second kappa shape index (κ2) is 8.44. The van der Waals surface area contributed by atoms with Crippen molar-refractivity contribution in [2.24, 2.45) is 0 Å². The minimum atomic E-state index is -4.19. The molecule has 0 amide bonds.